The van der Waals surface area contributed by atoms with Crippen LogP contribution < -0.4 is 15.5 Å². The Morgan fingerprint density at radius 2 is 1.43 bits per heavy atom. The molecule has 0 aromatic heterocycles. The van der Waals surface area contributed by atoms with Crippen LogP contribution in [0.4, 0.5) is 5.69 Å². The van der Waals surface area contributed by atoms with Crippen LogP contribution in [-0.2, 0) is 26.2 Å². The number of hydrogen-bond donors (Lipinski definition) is 2. The molecule has 0 spiro atoms. The van der Waals surface area contributed by atoms with Crippen LogP contribution in [0.2, 0.25) is 0 Å². The van der Waals surface area contributed by atoms with Gasteiger partial charge in [-0.05, 0) is 73.5 Å². The molecule has 0 atom stereocenters. The molecule has 0 bridgehead atoms. The van der Waals surface area contributed by atoms with Crippen LogP contribution in [0.1, 0.15) is 22.3 Å². The van der Waals surface area contributed by atoms with Crippen molar-refractivity contribution in [2.45, 2.75) is 25.3 Å². The molecular weight excluding hydrogens is 552 g/mol. The second kappa shape index (κ2) is 14.2. The third-order valence-corrected chi connectivity index (χ3v) is 7.97. The predicted molar refractivity (Wildman–Crippen MR) is 163 cm³/mol. The molecule has 4 aromatic carbocycles. The van der Waals surface area contributed by atoms with Gasteiger partial charge in [-0.25, -0.2) is 13.8 Å². The van der Waals surface area contributed by atoms with Gasteiger partial charge in [-0.2, -0.15) is 9.41 Å². The van der Waals surface area contributed by atoms with E-state index in [0.29, 0.717) is 17.0 Å². The first-order chi connectivity index (χ1) is 20.2. The highest BCUT2D eigenvalue weighted by Crippen LogP contribution is 2.19. The van der Waals surface area contributed by atoms with Crippen molar-refractivity contribution in [2.75, 3.05) is 18.5 Å². The van der Waals surface area contributed by atoms with E-state index in [0.717, 1.165) is 21.0 Å². The number of hydrogen-bond acceptors (Lipinski definition) is 6. The normalized spacial score (nSPS) is 11.4. The maximum absolute atomic E-state index is 13.4. The summed E-state index contributed by atoms with van der Waals surface area (Å²) in [5.74, 6) is -0.372. The first-order valence-electron chi connectivity index (χ1n) is 13.2. The van der Waals surface area contributed by atoms with Crippen LogP contribution in [0.25, 0.3) is 0 Å². The number of carbonyl (C=O) groups excluding carboxylic acids is 2. The Labute approximate surface area is 245 Å². The highest BCUT2D eigenvalue weighted by molar-refractivity contribution is 7.89. The highest BCUT2D eigenvalue weighted by atomic mass is 32.2. The molecule has 0 unspecified atom stereocenters. The second-order valence-electron chi connectivity index (χ2n) is 9.64. The lowest BCUT2D eigenvalue weighted by Crippen LogP contribution is -2.39. The quantitative estimate of drug-likeness (QED) is 0.186. The number of anilines is 1. The topological polar surface area (TPSA) is 117 Å². The highest BCUT2D eigenvalue weighted by Gasteiger charge is 2.26. The largest absolute Gasteiger partial charge is 0.484 e. The molecule has 10 heteroatoms. The molecule has 4 aromatic rings. The molecule has 4 rings (SSSR count). The zero-order valence-corrected chi connectivity index (χ0v) is 24.2. The van der Waals surface area contributed by atoms with E-state index in [2.05, 4.69) is 15.8 Å². The van der Waals surface area contributed by atoms with Crippen molar-refractivity contribution in [2.24, 2.45) is 5.10 Å². The average Bonchev–Trinajstić information content (AvgIpc) is 2.98. The first kappa shape index (κ1) is 30.2. The number of rotatable bonds is 12. The van der Waals surface area contributed by atoms with Gasteiger partial charge in [0.1, 0.15) is 5.75 Å². The first-order valence-corrected chi connectivity index (χ1v) is 14.6. The third-order valence-electron chi connectivity index (χ3n) is 6.17. The summed E-state index contributed by atoms with van der Waals surface area (Å²) in [5, 5.41) is 6.74. The van der Waals surface area contributed by atoms with Gasteiger partial charge < -0.3 is 10.1 Å². The predicted octanol–water partition coefficient (Wildman–Crippen LogP) is 4.66. The minimum Gasteiger partial charge on any atom is -0.484 e. The Kier molecular flexibility index (Phi) is 10.2. The monoisotopic (exact) mass is 584 g/mol. The van der Waals surface area contributed by atoms with Gasteiger partial charge >= 0.3 is 0 Å². The lowest BCUT2D eigenvalue weighted by molar-refractivity contribution is -0.121. The summed E-state index contributed by atoms with van der Waals surface area (Å²) < 4.78 is 33.4. The molecule has 9 nitrogen and oxygen atoms in total. The summed E-state index contributed by atoms with van der Waals surface area (Å²) in [5.41, 5.74) is 6.54. The number of carbonyl (C=O) groups is 2. The Morgan fingerprint density at radius 3 is 2.07 bits per heavy atom. The summed E-state index contributed by atoms with van der Waals surface area (Å²) >= 11 is 0. The van der Waals surface area contributed by atoms with Gasteiger partial charge in [0.05, 0.1) is 17.7 Å². The standard InChI is InChI=1S/C32H32N4O5S/c1-24-8-14-28(15-9-24)34-32(38)23-41-29-16-12-26(13-17-29)20-33-35-31(37)22-36(21-27-6-4-3-5-7-27)42(39,40)30-18-10-25(2)11-19-30/h3-20H,21-23H2,1-2H3,(H,34,38)(H,35,37). The van der Waals surface area contributed by atoms with Gasteiger partial charge in [0, 0.05) is 12.2 Å². The van der Waals surface area contributed by atoms with Crippen LogP contribution in [-0.4, -0.2) is 43.9 Å². The zero-order valence-electron chi connectivity index (χ0n) is 23.4. The van der Waals surface area contributed by atoms with Crippen molar-refractivity contribution >= 4 is 33.7 Å². The lowest BCUT2D eigenvalue weighted by atomic mass is 10.2. The smallest absolute Gasteiger partial charge is 0.262 e. The van der Waals surface area contributed by atoms with Gasteiger partial charge in [-0.1, -0.05) is 65.7 Å². The van der Waals surface area contributed by atoms with E-state index in [-0.39, 0.29) is 24.0 Å². The van der Waals surface area contributed by atoms with Gasteiger partial charge in [0.2, 0.25) is 10.0 Å². The van der Waals surface area contributed by atoms with E-state index < -0.39 is 22.5 Å². The van der Waals surface area contributed by atoms with E-state index in [1.54, 1.807) is 48.5 Å². The summed E-state index contributed by atoms with van der Waals surface area (Å²) in [7, 11) is -3.95. The fourth-order valence-corrected chi connectivity index (χ4v) is 5.26. The minimum atomic E-state index is -3.95. The molecule has 0 aliphatic carbocycles. The number of aryl methyl sites for hydroxylation is 2. The molecule has 0 aliphatic rings. The number of nitrogens with zero attached hydrogens (tertiary/aromatic N) is 2. The van der Waals surface area contributed by atoms with E-state index in [1.165, 1.54) is 18.3 Å². The van der Waals surface area contributed by atoms with Crippen molar-refractivity contribution in [1.82, 2.24) is 9.73 Å². The SMILES string of the molecule is Cc1ccc(NC(=O)COc2ccc(C=NNC(=O)CN(Cc3ccccc3)S(=O)(=O)c3ccc(C)cc3)cc2)cc1. The molecule has 0 fully saturated rings. The van der Waals surface area contributed by atoms with E-state index in [1.807, 2.05) is 56.3 Å². The number of hydrazone groups is 1. The Morgan fingerprint density at radius 1 is 0.810 bits per heavy atom. The van der Waals surface area contributed by atoms with Crippen molar-refractivity contribution in [3.05, 3.63) is 125 Å². The van der Waals surface area contributed by atoms with Crippen molar-refractivity contribution in [3.63, 3.8) is 0 Å². The fourth-order valence-electron chi connectivity index (χ4n) is 3.88. The molecule has 42 heavy (non-hydrogen) atoms. The second-order valence-corrected chi connectivity index (χ2v) is 11.6. The molecular formula is C32H32N4O5S. The maximum Gasteiger partial charge on any atom is 0.262 e. The van der Waals surface area contributed by atoms with Crippen molar-refractivity contribution in [1.29, 1.82) is 0 Å². The number of amides is 2. The van der Waals surface area contributed by atoms with Crippen molar-refractivity contribution < 1.29 is 22.7 Å². The van der Waals surface area contributed by atoms with Gasteiger partial charge in [0.15, 0.2) is 6.61 Å². The van der Waals surface area contributed by atoms with Crippen LogP contribution in [0.15, 0.2) is 113 Å². The molecule has 0 saturated carbocycles. The summed E-state index contributed by atoms with van der Waals surface area (Å²) in [6.45, 7) is 3.30. The fraction of sp³-hybridized carbons (Fsp3) is 0.156. The molecule has 0 heterocycles. The van der Waals surface area contributed by atoms with Crippen LogP contribution in [0, 0.1) is 13.8 Å². The molecule has 2 N–H and O–H groups in total. The molecule has 216 valence electrons. The number of benzene rings is 4. The molecule has 2 amide bonds. The molecule has 0 saturated heterocycles. The zero-order chi connectivity index (χ0) is 30.0. The Bertz CT molecular complexity index is 1620. The van der Waals surface area contributed by atoms with E-state index >= 15 is 0 Å². The lowest BCUT2D eigenvalue weighted by Gasteiger charge is -2.21. The van der Waals surface area contributed by atoms with E-state index in [9.17, 15) is 18.0 Å². The van der Waals surface area contributed by atoms with Crippen LogP contribution in [0.5, 0.6) is 5.75 Å². The Hall–Kier alpha value is -4.80. The molecule has 0 radical (unpaired) electrons. The Balaban J connectivity index is 1.32. The average molecular weight is 585 g/mol. The van der Waals surface area contributed by atoms with E-state index in [4.69, 9.17) is 4.74 Å². The van der Waals surface area contributed by atoms with Crippen molar-refractivity contribution in [3.8, 4) is 5.75 Å². The maximum atomic E-state index is 13.4. The number of sulfonamides is 1. The van der Waals surface area contributed by atoms with Gasteiger partial charge in [0.25, 0.3) is 11.8 Å². The number of nitrogens with one attached hydrogen (secondary N) is 2. The third kappa shape index (κ3) is 8.85. The van der Waals surface area contributed by atoms with Crippen LogP contribution >= 0.6 is 0 Å². The number of ether oxygens (including phenoxy) is 1. The van der Waals surface area contributed by atoms with Crippen LogP contribution in [0.3, 0.4) is 0 Å². The van der Waals surface area contributed by atoms with Gasteiger partial charge in [-0.3, -0.25) is 9.59 Å². The summed E-state index contributed by atoms with van der Waals surface area (Å²) in [4.78, 5) is 25.0. The van der Waals surface area contributed by atoms with Gasteiger partial charge in [-0.15, -0.1) is 0 Å². The molecule has 0 aliphatic heterocycles. The summed E-state index contributed by atoms with van der Waals surface area (Å²) in [6, 6.07) is 29.8. The minimum absolute atomic E-state index is 0.0265. The summed E-state index contributed by atoms with van der Waals surface area (Å²) in [6.07, 6.45) is 1.43.